The van der Waals surface area contributed by atoms with Crippen molar-refractivity contribution in [2.45, 2.75) is 4.90 Å². The molecule has 0 radical (unpaired) electrons. The molecule has 0 atom stereocenters. The number of hydrogen-bond donors (Lipinski definition) is 1. The van der Waals surface area contributed by atoms with Crippen molar-refractivity contribution in [2.75, 3.05) is 43.0 Å². The number of benzene rings is 2. The third-order valence-electron chi connectivity index (χ3n) is 3.84. The smallest absolute Gasteiger partial charge is 0.261 e. The second-order valence-electron chi connectivity index (χ2n) is 5.43. The quantitative estimate of drug-likeness (QED) is 0.898. The van der Waals surface area contributed by atoms with Gasteiger partial charge in [-0.15, -0.1) is 0 Å². The predicted octanol–water partition coefficient (Wildman–Crippen LogP) is 2.33. The van der Waals surface area contributed by atoms with Crippen molar-refractivity contribution in [3.8, 4) is 5.75 Å². The average molecular weight is 348 g/mol. The predicted molar refractivity (Wildman–Crippen MR) is 93.3 cm³/mol. The molecule has 2 aromatic carbocycles. The van der Waals surface area contributed by atoms with Crippen LogP contribution in [0.2, 0.25) is 0 Å². The number of anilines is 2. The molecular weight excluding hydrogens is 328 g/mol. The van der Waals surface area contributed by atoms with Gasteiger partial charge in [0.05, 0.1) is 30.9 Å². The van der Waals surface area contributed by atoms with E-state index in [9.17, 15) is 8.42 Å². The molecule has 0 aliphatic carbocycles. The van der Waals surface area contributed by atoms with Crippen LogP contribution in [-0.2, 0) is 14.8 Å². The summed E-state index contributed by atoms with van der Waals surface area (Å²) in [5, 5.41) is 0. The number of hydrogen-bond acceptors (Lipinski definition) is 5. The number of morpholine rings is 1. The van der Waals surface area contributed by atoms with Crippen LogP contribution in [0.1, 0.15) is 0 Å². The van der Waals surface area contributed by atoms with Crippen LogP contribution >= 0.6 is 0 Å². The molecule has 7 heteroatoms. The second kappa shape index (κ2) is 7.11. The molecule has 0 spiro atoms. The normalized spacial score (nSPS) is 15.1. The first-order valence-corrected chi connectivity index (χ1v) is 9.16. The highest BCUT2D eigenvalue weighted by molar-refractivity contribution is 7.92. The summed E-state index contributed by atoms with van der Waals surface area (Å²) in [7, 11) is -2.09. The van der Waals surface area contributed by atoms with Crippen LogP contribution in [0.15, 0.2) is 53.4 Å². The van der Waals surface area contributed by atoms with Crippen LogP contribution in [-0.4, -0.2) is 41.8 Å². The van der Waals surface area contributed by atoms with E-state index < -0.39 is 10.0 Å². The van der Waals surface area contributed by atoms with Gasteiger partial charge in [-0.05, 0) is 42.5 Å². The van der Waals surface area contributed by atoms with Gasteiger partial charge in [-0.1, -0.05) is 6.07 Å². The van der Waals surface area contributed by atoms with Crippen molar-refractivity contribution in [2.24, 2.45) is 0 Å². The lowest BCUT2D eigenvalue weighted by molar-refractivity contribution is 0.122. The molecule has 1 N–H and O–H groups in total. The maximum absolute atomic E-state index is 12.5. The van der Waals surface area contributed by atoms with E-state index in [1.807, 2.05) is 18.2 Å². The van der Waals surface area contributed by atoms with Gasteiger partial charge < -0.3 is 14.4 Å². The molecule has 1 saturated heterocycles. The topological polar surface area (TPSA) is 67.9 Å². The monoisotopic (exact) mass is 348 g/mol. The molecule has 6 nitrogen and oxygen atoms in total. The lowest BCUT2D eigenvalue weighted by Gasteiger charge is -2.29. The second-order valence-corrected chi connectivity index (χ2v) is 7.11. The lowest BCUT2D eigenvalue weighted by Crippen LogP contribution is -2.36. The van der Waals surface area contributed by atoms with E-state index in [0.29, 0.717) is 24.7 Å². The molecule has 0 aromatic heterocycles. The molecule has 128 valence electrons. The van der Waals surface area contributed by atoms with E-state index >= 15 is 0 Å². The van der Waals surface area contributed by atoms with Crippen LogP contribution in [0.25, 0.3) is 0 Å². The summed E-state index contributed by atoms with van der Waals surface area (Å²) in [6, 6.07) is 13.7. The number of nitrogens with zero attached hydrogens (tertiary/aromatic N) is 1. The van der Waals surface area contributed by atoms with Crippen LogP contribution in [0.5, 0.6) is 5.75 Å². The summed E-state index contributed by atoms with van der Waals surface area (Å²) in [5.41, 5.74) is 1.52. The SMILES string of the molecule is COc1ccc(S(=O)(=O)Nc2cccc(N3CCOCC3)c2)cc1. The zero-order valence-corrected chi connectivity index (χ0v) is 14.3. The Morgan fingerprint density at radius 2 is 1.79 bits per heavy atom. The molecule has 0 unspecified atom stereocenters. The maximum Gasteiger partial charge on any atom is 0.261 e. The van der Waals surface area contributed by atoms with Gasteiger partial charge in [0, 0.05) is 18.8 Å². The summed E-state index contributed by atoms with van der Waals surface area (Å²) in [5.74, 6) is 0.614. The number of ether oxygens (including phenoxy) is 2. The van der Waals surface area contributed by atoms with Gasteiger partial charge in [-0.2, -0.15) is 0 Å². The maximum atomic E-state index is 12.5. The van der Waals surface area contributed by atoms with Crippen molar-refractivity contribution in [3.63, 3.8) is 0 Å². The zero-order chi connectivity index (χ0) is 17.0. The van der Waals surface area contributed by atoms with E-state index in [0.717, 1.165) is 18.8 Å². The first kappa shape index (κ1) is 16.6. The Morgan fingerprint density at radius 3 is 2.46 bits per heavy atom. The molecule has 1 aliphatic rings. The van der Waals surface area contributed by atoms with Gasteiger partial charge in [-0.3, -0.25) is 4.72 Å². The fourth-order valence-electron chi connectivity index (χ4n) is 2.56. The molecule has 24 heavy (non-hydrogen) atoms. The molecule has 2 aromatic rings. The first-order chi connectivity index (χ1) is 11.6. The van der Waals surface area contributed by atoms with Crippen molar-refractivity contribution in [1.29, 1.82) is 0 Å². The minimum absolute atomic E-state index is 0.195. The van der Waals surface area contributed by atoms with E-state index in [1.54, 1.807) is 25.3 Å². The summed E-state index contributed by atoms with van der Waals surface area (Å²) in [4.78, 5) is 2.37. The van der Waals surface area contributed by atoms with Crippen LogP contribution in [0, 0.1) is 0 Å². The molecule has 1 fully saturated rings. The van der Waals surface area contributed by atoms with Crippen LogP contribution in [0.4, 0.5) is 11.4 Å². The Kier molecular flexibility index (Phi) is 4.92. The molecule has 1 aliphatic heterocycles. The molecule has 3 rings (SSSR count). The van der Waals surface area contributed by atoms with Gasteiger partial charge in [0.1, 0.15) is 5.75 Å². The summed E-state index contributed by atoms with van der Waals surface area (Å²) in [6.45, 7) is 2.97. The highest BCUT2D eigenvalue weighted by Crippen LogP contribution is 2.23. The van der Waals surface area contributed by atoms with E-state index in [4.69, 9.17) is 9.47 Å². The summed E-state index contributed by atoms with van der Waals surface area (Å²) < 4.78 is 38.0. The largest absolute Gasteiger partial charge is 0.497 e. The van der Waals surface area contributed by atoms with Crippen molar-refractivity contribution in [3.05, 3.63) is 48.5 Å². The Labute approximate surface area is 142 Å². The Balaban J connectivity index is 1.78. The van der Waals surface area contributed by atoms with Gasteiger partial charge in [0.15, 0.2) is 0 Å². The average Bonchev–Trinajstić information content (AvgIpc) is 2.62. The van der Waals surface area contributed by atoms with E-state index in [2.05, 4.69) is 9.62 Å². The van der Waals surface area contributed by atoms with Gasteiger partial charge in [-0.25, -0.2) is 8.42 Å². The van der Waals surface area contributed by atoms with E-state index in [1.165, 1.54) is 12.1 Å². The minimum atomic E-state index is -3.63. The Bertz CT molecular complexity index is 784. The molecule has 0 saturated carbocycles. The third kappa shape index (κ3) is 3.80. The number of rotatable bonds is 5. The standard InChI is InChI=1S/C17H20N2O4S/c1-22-16-5-7-17(8-6-16)24(20,21)18-14-3-2-4-15(13-14)19-9-11-23-12-10-19/h2-8,13,18H,9-12H2,1H3. The fourth-order valence-corrected chi connectivity index (χ4v) is 3.61. The zero-order valence-electron chi connectivity index (χ0n) is 13.4. The van der Waals surface area contributed by atoms with Gasteiger partial charge in [0.2, 0.25) is 0 Å². The number of sulfonamides is 1. The number of nitrogens with one attached hydrogen (secondary N) is 1. The molecule has 0 amide bonds. The van der Waals surface area contributed by atoms with E-state index in [-0.39, 0.29) is 4.90 Å². The Hall–Kier alpha value is -2.25. The molecule has 0 bridgehead atoms. The van der Waals surface area contributed by atoms with Gasteiger partial charge in [0.25, 0.3) is 10.0 Å². The molecule has 1 heterocycles. The van der Waals surface area contributed by atoms with Crippen LogP contribution < -0.4 is 14.4 Å². The Morgan fingerprint density at radius 1 is 1.08 bits per heavy atom. The summed E-state index contributed by atoms with van der Waals surface area (Å²) in [6.07, 6.45) is 0. The highest BCUT2D eigenvalue weighted by atomic mass is 32.2. The molecular formula is C17H20N2O4S. The highest BCUT2D eigenvalue weighted by Gasteiger charge is 2.16. The van der Waals surface area contributed by atoms with Crippen molar-refractivity contribution < 1.29 is 17.9 Å². The first-order valence-electron chi connectivity index (χ1n) is 7.68. The fraction of sp³-hybridized carbons (Fsp3) is 0.294. The van der Waals surface area contributed by atoms with Gasteiger partial charge >= 0.3 is 0 Å². The lowest BCUT2D eigenvalue weighted by atomic mass is 10.2. The minimum Gasteiger partial charge on any atom is -0.497 e. The summed E-state index contributed by atoms with van der Waals surface area (Å²) >= 11 is 0. The van der Waals surface area contributed by atoms with Crippen molar-refractivity contribution in [1.82, 2.24) is 0 Å². The third-order valence-corrected chi connectivity index (χ3v) is 5.24. The van der Waals surface area contributed by atoms with Crippen molar-refractivity contribution >= 4 is 21.4 Å². The number of methoxy groups -OCH3 is 1. The van der Waals surface area contributed by atoms with Crippen LogP contribution in [0.3, 0.4) is 0 Å².